The van der Waals surface area contributed by atoms with Gasteiger partial charge in [0.25, 0.3) is 0 Å². The van der Waals surface area contributed by atoms with E-state index in [9.17, 15) is 4.79 Å². The molecule has 2 aromatic rings. The molecule has 1 N–H and O–H groups in total. The lowest BCUT2D eigenvalue weighted by atomic mass is 10.1. The number of carbonyl (C=O) groups excluding carboxylic acids is 1. The van der Waals surface area contributed by atoms with Crippen molar-refractivity contribution in [3.05, 3.63) is 53.1 Å². The van der Waals surface area contributed by atoms with E-state index in [1.54, 1.807) is 30.7 Å². The van der Waals surface area contributed by atoms with Gasteiger partial charge < -0.3 is 5.32 Å². The molecule has 1 aromatic carbocycles. The Balaban J connectivity index is 1.87. The van der Waals surface area contributed by atoms with Crippen LogP contribution in [-0.2, 0) is 11.2 Å². The Hall–Kier alpha value is -1.98. The van der Waals surface area contributed by atoms with E-state index < -0.39 is 0 Å². The number of nitrogens with zero attached hydrogens (tertiary/aromatic N) is 3. The number of aromatic nitrogens is 2. The molecule has 122 valence electrons. The third kappa shape index (κ3) is 5.30. The van der Waals surface area contributed by atoms with E-state index in [0.717, 1.165) is 23.4 Å². The van der Waals surface area contributed by atoms with E-state index in [-0.39, 0.29) is 11.9 Å². The van der Waals surface area contributed by atoms with Crippen molar-refractivity contribution in [2.24, 2.45) is 0 Å². The van der Waals surface area contributed by atoms with Crippen LogP contribution >= 0.6 is 11.6 Å². The highest BCUT2D eigenvalue weighted by Gasteiger charge is 2.14. The summed E-state index contributed by atoms with van der Waals surface area (Å²) in [5.74, 6) is -0.0554. The van der Waals surface area contributed by atoms with Crippen LogP contribution in [0.3, 0.4) is 0 Å². The minimum absolute atomic E-state index is 0.0554. The highest BCUT2D eigenvalue weighted by atomic mass is 35.5. The van der Waals surface area contributed by atoms with Gasteiger partial charge in [-0.05, 0) is 44.7 Å². The van der Waals surface area contributed by atoms with Crippen molar-refractivity contribution in [2.45, 2.75) is 26.3 Å². The zero-order valence-corrected chi connectivity index (χ0v) is 14.3. The lowest BCUT2D eigenvalue weighted by molar-refractivity contribution is -0.117. The number of halogens is 1. The SMILES string of the molecule is Cc1cc(NC(=O)CN(C)[C@H](C)Cc2cnccn2)ccc1Cl. The molecule has 2 rings (SSSR count). The smallest absolute Gasteiger partial charge is 0.238 e. The molecule has 23 heavy (non-hydrogen) atoms. The van der Waals surface area contributed by atoms with E-state index in [0.29, 0.717) is 11.6 Å². The average Bonchev–Trinajstić information content (AvgIpc) is 2.51. The molecule has 0 spiro atoms. The number of anilines is 1. The predicted octanol–water partition coefficient (Wildman–Crippen LogP) is 2.94. The maximum Gasteiger partial charge on any atom is 0.238 e. The summed E-state index contributed by atoms with van der Waals surface area (Å²) in [6.45, 7) is 4.28. The molecule has 0 saturated carbocycles. The molecule has 0 unspecified atom stereocenters. The first-order chi connectivity index (χ1) is 11.0. The lowest BCUT2D eigenvalue weighted by Crippen LogP contribution is -2.37. The van der Waals surface area contributed by atoms with Gasteiger partial charge in [-0.15, -0.1) is 0 Å². The minimum Gasteiger partial charge on any atom is -0.325 e. The Bertz CT molecular complexity index is 663. The van der Waals surface area contributed by atoms with Crippen LogP contribution in [0.2, 0.25) is 5.02 Å². The molecule has 0 aliphatic rings. The van der Waals surface area contributed by atoms with Crippen molar-refractivity contribution in [2.75, 3.05) is 18.9 Å². The van der Waals surface area contributed by atoms with Crippen LogP contribution in [0.4, 0.5) is 5.69 Å². The van der Waals surface area contributed by atoms with Crippen LogP contribution in [0, 0.1) is 6.92 Å². The van der Waals surface area contributed by atoms with Gasteiger partial charge in [-0.25, -0.2) is 0 Å². The molecule has 0 fully saturated rings. The van der Waals surface area contributed by atoms with Gasteiger partial charge in [-0.3, -0.25) is 19.7 Å². The van der Waals surface area contributed by atoms with Gasteiger partial charge in [0.1, 0.15) is 0 Å². The summed E-state index contributed by atoms with van der Waals surface area (Å²) in [5, 5.41) is 3.58. The first-order valence-electron chi connectivity index (χ1n) is 7.47. The minimum atomic E-state index is -0.0554. The molecule has 1 amide bonds. The Morgan fingerprint density at radius 2 is 2.17 bits per heavy atom. The Kier molecular flexibility index (Phi) is 6.07. The van der Waals surface area contributed by atoms with Crippen LogP contribution in [-0.4, -0.2) is 40.4 Å². The normalized spacial score (nSPS) is 12.2. The number of hydrogen-bond acceptors (Lipinski definition) is 4. The van der Waals surface area contributed by atoms with Gasteiger partial charge in [0, 0.05) is 41.8 Å². The largest absolute Gasteiger partial charge is 0.325 e. The molecule has 0 aliphatic carbocycles. The van der Waals surface area contributed by atoms with Crippen molar-refractivity contribution < 1.29 is 4.79 Å². The van der Waals surface area contributed by atoms with Gasteiger partial charge in [0.15, 0.2) is 0 Å². The number of benzene rings is 1. The first-order valence-corrected chi connectivity index (χ1v) is 7.84. The van der Waals surface area contributed by atoms with Crippen LogP contribution in [0.25, 0.3) is 0 Å². The second-order valence-corrected chi connectivity index (χ2v) is 6.08. The van der Waals surface area contributed by atoms with E-state index in [2.05, 4.69) is 22.2 Å². The molecular formula is C17H21ClN4O. The standard InChI is InChI=1S/C17H21ClN4O/c1-12-8-14(4-5-16(12)18)21-17(23)11-22(3)13(2)9-15-10-19-6-7-20-15/h4-8,10,13H,9,11H2,1-3H3,(H,21,23)/t13-/m1/s1. The Morgan fingerprint density at radius 3 is 2.83 bits per heavy atom. The van der Waals surface area contributed by atoms with Crippen LogP contribution in [0.5, 0.6) is 0 Å². The van der Waals surface area contributed by atoms with Crippen LogP contribution in [0.1, 0.15) is 18.2 Å². The van der Waals surface area contributed by atoms with Crippen LogP contribution < -0.4 is 5.32 Å². The third-order valence-corrected chi connectivity index (χ3v) is 4.13. The fourth-order valence-corrected chi connectivity index (χ4v) is 2.32. The summed E-state index contributed by atoms with van der Waals surface area (Å²) < 4.78 is 0. The van der Waals surface area contributed by atoms with Gasteiger partial charge in [-0.2, -0.15) is 0 Å². The molecule has 1 atom stereocenters. The molecule has 0 bridgehead atoms. The number of likely N-dealkylation sites (N-methyl/N-ethyl adjacent to an activating group) is 1. The molecule has 0 aliphatic heterocycles. The molecule has 1 aromatic heterocycles. The third-order valence-electron chi connectivity index (χ3n) is 3.71. The molecule has 0 radical (unpaired) electrons. The first kappa shape index (κ1) is 17.4. The highest BCUT2D eigenvalue weighted by molar-refractivity contribution is 6.31. The van der Waals surface area contributed by atoms with Crippen molar-refractivity contribution in [3.63, 3.8) is 0 Å². The van der Waals surface area contributed by atoms with E-state index in [4.69, 9.17) is 11.6 Å². The van der Waals surface area contributed by atoms with E-state index >= 15 is 0 Å². The summed E-state index contributed by atoms with van der Waals surface area (Å²) in [6, 6.07) is 5.64. The van der Waals surface area contributed by atoms with Crippen molar-refractivity contribution in [1.82, 2.24) is 14.9 Å². The van der Waals surface area contributed by atoms with Gasteiger partial charge in [-0.1, -0.05) is 11.6 Å². The molecule has 6 heteroatoms. The summed E-state index contributed by atoms with van der Waals surface area (Å²) >= 11 is 5.99. The quantitative estimate of drug-likeness (QED) is 0.883. The highest BCUT2D eigenvalue weighted by Crippen LogP contribution is 2.19. The summed E-state index contributed by atoms with van der Waals surface area (Å²) in [6.07, 6.45) is 5.83. The number of nitrogens with one attached hydrogen (secondary N) is 1. The number of aryl methyl sites for hydroxylation is 1. The Labute approximate surface area is 141 Å². The second-order valence-electron chi connectivity index (χ2n) is 5.68. The topological polar surface area (TPSA) is 58.1 Å². The summed E-state index contributed by atoms with van der Waals surface area (Å²) in [7, 11) is 1.92. The summed E-state index contributed by atoms with van der Waals surface area (Å²) in [5.41, 5.74) is 2.61. The van der Waals surface area contributed by atoms with E-state index in [1.165, 1.54) is 0 Å². The maximum atomic E-state index is 12.2. The zero-order chi connectivity index (χ0) is 16.8. The Morgan fingerprint density at radius 1 is 1.39 bits per heavy atom. The summed E-state index contributed by atoms with van der Waals surface area (Å²) in [4.78, 5) is 22.5. The molecule has 5 nitrogen and oxygen atoms in total. The predicted molar refractivity (Wildman–Crippen MR) is 92.6 cm³/mol. The number of rotatable bonds is 6. The fraction of sp³-hybridized carbons (Fsp3) is 0.353. The van der Waals surface area contributed by atoms with Gasteiger partial charge >= 0.3 is 0 Å². The zero-order valence-electron chi connectivity index (χ0n) is 13.6. The molecular weight excluding hydrogens is 312 g/mol. The molecule has 1 heterocycles. The van der Waals surface area contributed by atoms with Crippen molar-refractivity contribution >= 4 is 23.2 Å². The number of carbonyl (C=O) groups is 1. The lowest BCUT2D eigenvalue weighted by Gasteiger charge is -2.23. The van der Waals surface area contributed by atoms with E-state index in [1.807, 2.05) is 24.9 Å². The van der Waals surface area contributed by atoms with Gasteiger partial charge in [0.2, 0.25) is 5.91 Å². The number of hydrogen-bond donors (Lipinski definition) is 1. The molecule has 0 saturated heterocycles. The monoisotopic (exact) mass is 332 g/mol. The van der Waals surface area contributed by atoms with Crippen molar-refractivity contribution in [3.8, 4) is 0 Å². The maximum absolute atomic E-state index is 12.2. The fourth-order valence-electron chi connectivity index (χ4n) is 2.20. The average molecular weight is 333 g/mol. The van der Waals surface area contributed by atoms with Crippen molar-refractivity contribution in [1.29, 1.82) is 0 Å². The second kappa shape index (κ2) is 8.04. The van der Waals surface area contributed by atoms with Crippen LogP contribution in [0.15, 0.2) is 36.8 Å². The number of amides is 1. The van der Waals surface area contributed by atoms with Gasteiger partial charge in [0.05, 0.1) is 12.2 Å².